The SMILES string of the molecule is CCSc1nc2n(n1)[C@@H](c1ccc(OC)c(OC)c1)[C@@H]1C(=O)CCC=C1N2. The Kier molecular flexibility index (Phi) is 4.82. The number of nitrogens with one attached hydrogen (secondary N) is 1. The summed E-state index contributed by atoms with van der Waals surface area (Å²) < 4.78 is 12.7. The maximum Gasteiger partial charge on any atom is 0.227 e. The highest BCUT2D eigenvalue weighted by Gasteiger charge is 2.41. The van der Waals surface area contributed by atoms with Gasteiger partial charge in [-0.15, -0.1) is 5.10 Å². The van der Waals surface area contributed by atoms with E-state index in [2.05, 4.69) is 28.4 Å². The summed E-state index contributed by atoms with van der Waals surface area (Å²) in [6.45, 7) is 2.07. The van der Waals surface area contributed by atoms with E-state index in [-0.39, 0.29) is 17.7 Å². The average Bonchev–Trinajstić information content (AvgIpc) is 3.08. The van der Waals surface area contributed by atoms with Gasteiger partial charge >= 0.3 is 0 Å². The number of carbonyl (C=O) groups excluding carboxylic acids is 1. The van der Waals surface area contributed by atoms with Gasteiger partial charge in [0.15, 0.2) is 11.5 Å². The van der Waals surface area contributed by atoms with Gasteiger partial charge in [0.2, 0.25) is 11.1 Å². The lowest BCUT2D eigenvalue weighted by molar-refractivity contribution is -0.123. The molecule has 2 heterocycles. The summed E-state index contributed by atoms with van der Waals surface area (Å²) in [5, 5.41) is 8.70. The van der Waals surface area contributed by atoms with Gasteiger partial charge in [0.1, 0.15) is 5.78 Å². The summed E-state index contributed by atoms with van der Waals surface area (Å²) in [4.78, 5) is 17.4. The van der Waals surface area contributed by atoms with Crippen molar-refractivity contribution >= 4 is 23.5 Å². The van der Waals surface area contributed by atoms with Gasteiger partial charge in [-0.2, -0.15) is 4.98 Å². The lowest BCUT2D eigenvalue weighted by atomic mass is 9.81. The number of Topliss-reactive ketones (excluding diaryl/α,β-unsaturated/α-hetero) is 1. The standard InChI is InChI=1S/C19H22N4O3S/c1-4-27-19-21-18-20-12-6-5-7-13(24)16(12)17(23(18)22-19)11-8-9-14(25-2)15(10-11)26-3/h6,8-10,16-17H,4-5,7H2,1-3H3,(H,20,21,22)/t16-,17-/m0/s1. The van der Waals surface area contributed by atoms with E-state index in [1.54, 1.807) is 26.0 Å². The fourth-order valence-electron chi connectivity index (χ4n) is 3.71. The Labute approximate surface area is 162 Å². The molecular weight excluding hydrogens is 364 g/mol. The third kappa shape index (κ3) is 3.07. The van der Waals surface area contributed by atoms with Crippen LogP contribution in [0, 0.1) is 5.92 Å². The molecular formula is C19H22N4O3S. The highest BCUT2D eigenvalue weighted by molar-refractivity contribution is 7.99. The van der Waals surface area contributed by atoms with Crippen molar-refractivity contribution < 1.29 is 14.3 Å². The Bertz CT molecular complexity index is 908. The van der Waals surface area contributed by atoms with Crippen molar-refractivity contribution in [2.24, 2.45) is 5.92 Å². The Morgan fingerprint density at radius 2 is 2.11 bits per heavy atom. The van der Waals surface area contributed by atoms with E-state index < -0.39 is 0 Å². The lowest BCUT2D eigenvalue weighted by Crippen LogP contribution is -2.38. The number of carbonyl (C=O) groups is 1. The molecule has 27 heavy (non-hydrogen) atoms. The van der Waals surface area contributed by atoms with Gasteiger partial charge in [0.05, 0.1) is 26.2 Å². The van der Waals surface area contributed by atoms with Crippen molar-refractivity contribution in [1.82, 2.24) is 14.8 Å². The molecule has 0 radical (unpaired) electrons. The molecule has 1 aliphatic heterocycles. The van der Waals surface area contributed by atoms with E-state index in [1.165, 1.54) is 0 Å². The van der Waals surface area contributed by atoms with Gasteiger partial charge in [-0.1, -0.05) is 30.8 Å². The van der Waals surface area contributed by atoms with Crippen LogP contribution < -0.4 is 14.8 Å². The molecule has 142 valence electrons. The maximum absolute atomic E-state index is 12.8. The Balaban J connectivity index is 1.86. The molecule has 0 unspecified atom stereocenters. The molecule has 0 spiro atoms. The number of methoxy groups -OCH3 is 2. The van der Waals surface area contributed by atoms with E-state index in [4.69, 9.17) is 9.47 Å². The number of anilines is 1. The molecule has 2 aliphatic rings. The van der Waals surface area contributed by atoms with Crippen LogP contribution in [0.25, 0.3) is 0 Å². The topological polar surface area (TPSA) is 78.3 Å². The molecule has 0 bridgehead atoms. The van der Waals surface area contributed by atoms with Crippen LogP contribution in [0.15, 0.2) is 35.1 Å². The first-order valence-corrected chi connectivity index (χ1v) is 9.95. The molecule has 4 rings (SSSR count). The zero-order valence-electron chi connectivity index (χ0n) is 15.6. The van der Waals surface area contributed by atoms with Crippen LogP contribution >= 0.6 is 11.8 Å². The zero-order valence-corrected chi connectivity index (χ0v) is 16.4. The number of benzene rings is 1. The van der Waals surface area contributed by atoms with Crippen LogP contribution in [0.1, 0.15) is 31.4 Å². The molecule has 0 amide bonds. The summed E-state index contributed by atoms with van der Waals surface area (Å²) in [5.74, 6) is 2.75. The van der Waals surface area contributed by atoms with E-state index in [0.717, 1.165) is 23.4 Å². The van der Waals surface area contributed by atoms with Crippen LogP contribution in [0.4, 0.5) is 5.95 Å². The van der Waals surface area contributed by atoms with Gasteiger partial charge < -0.3 is 14.8 Å². The minimum absolute atomic E-state index is 0.214. The maximum atomic E-state index is 12.8. The number of fused-ring (bicyclic) bond motifs is 2. The second kappa shape index (κ2) is 7.26. The van der Waals surface area contributed by atoms with Crippen LogP contribution in [0.3, 0.4) is 0 Å². The van der Waals surface area contributed by atoms with E-state index in [9.17, 15) is 4.79 Å². The largest absolute Gasteiger partial charge is 0.493 e. The number of hydrogen-bond acceptors (Lipinski definition) is 7. The number of allylic oxidation sites excluding steroid dienone is 2. The number of nitrogens with zero attached hydrogens (tertiary/aromatic N) is 3. The summed E-state index contributed by atoms with van der Waals surface area (Å²) in [6, 6.07) is 5.49. The molecule has 0 saturated carbocycles. The number of ether oxygens (including phenoxy) is 2. The lowest BCUT2D eigenvalue weighted by Gasteiger charge is -2.36. The quantitative estimate of drug-likeness (QED) is 0.790. The number of ketones is 1. The van der Waals surface area contributed by atoms with Gasteiger partial charge in [0.25, 0.3) is 0 Å². The molecule has 1 aliphatic carbocycles. The van der Waals surface area contributed by atoms with Gasteiger partial charge in [-0.05, 0) is 29.9 Å². The van der Waals surface area contributed by atoms with E-state index >= 15 is 0 Å². The van der Waals surface area contributed by atoms with Crippen LogP contribution in [-0.2, 0) is 4.79 Å². The molecule has 7 nitrogen and oxygen atoms in total. The Morgan fingerprint density at radius 3 is 2.85 bits per heavy atom. The normalized spacial score (nSPS) is 21.0. The fraction of sp³-hybridized carbons (Fsp3) is 0.421. The molecule has 8 heteroatoms. The number of thioether (sulfide) groups is 1. The predicted molar refractivity (Wildman–Crippen MR) is 104 cm³/mol. The number of rotatable bonds is 5. The van der Waals surface area contributed by atoms with Gasteiger partial charge in [0, 0.05) is 12.1 Å². The minimum atomic E-state index is -0.300. The molecule has 1 N–H and O–H groups in total. The van der Waals surface area contributed by atoms with Crippen molar-refractivity contribution in [3.05, 3.63) is 35.5 Å². The molecule has 2 atom stereocenters. The zero-order chi connectivity index (χ0) is 19.0. The van der Waals surface area contributed by atoms with Gasteiger partial charge in [-0.25, -0.2) is 4.68 Å². The highest BCUT2D eigenvalue weighted by atomic mass is 32.2. The smallest absolute Gasteiger partial charge is 0.227 e. The van der Waals surface area contributed by atoms with Crippen molar-refractivity contribution in [2.75, 3.05) is 25.3 Å². The summed E-state index contributed by atoms with van der Waals surface area (Å²) >= 11 is 1.58. The van der Waals surface area contributed by atoms with Gasteiger partial charge in [-0.3, -0.25) is 4.79 Å². The summed E-state index contributed by atoms with van der Waals surface area (Å²) in [6.07, 6.45) is 3.39. The molecule has 2 aromatic rings. The van der Waals surface area contributed by atoms with Crippen molar-refractivity contribution in [3.8, 4) is 11.5 Å². The third-order valence-corrected chi connectivity index (χ3v) is 5.63. The fourth-order valence-corrected chi connectivity index (χ4v) is 4.27. The monoisotopic (exact) mass is 386 g/mol. The van der Waals surface area contributed by atoms with Crippen LogP contribution in [-0.4, -0.2) is 40.5 Å². The summed E-state index contributed by atoms with van der Waals surface area (Å²) in [5.41, 5.74) is 1.86. The minimum Gasteiger partial charge on any atom is -0.493 e. The second-order valence-corrected chi connectivity index (χ2v) is 7.65. The van der Waals surface area contributed by atoms with Crippen LogP contribution in [0.2, 0.25) is 0 Å². The average molecular weight is 386 g/mol. The molecule has 0 fully saturated rings. The van der Waals surface area contributed by atoms with Crippen LogP contribution in [0.5, 0.6) is 11.5 Å². The van der Waals surface area contributed by atoms with Crippen molar-refractivity contribution in [2.45, 2.75) is 31.0 Å². The number of aromatic nitrogens is 3. The third-order valence-electron chi connectivity index (χ3n) is 4.91. The van der Waals surface area contributed by atoms with E-state index in [0.29, 0.717) is 29.0 Å². The Hall–Kier alpha value is -2.48. The summed E-state index contributed by atoms with van der Waals surface area (Å²) in [7, 11) is 3.22. The molecule has 0 saturated heterocycles. The van der Waals surface area contributed by atoms with E-state index in [1.807, 2.05) is 22.9 Å². The Morgan fingerprint density at radius 1 is 1.30 bits per heavy atom. The predicted octanol–water partition coefficient (Wildman–Crippen LogP) is 3.29. The van der Waals surface area contributed by atoms with Crippen molar-refractivity contribution in [3.63, 3.8) is 0 Å². The second-order valence-electron chi connectivity index (χ2n) is 6.42. The number of hydrogen-bond donors (Lipinski definition) is 1. The van der Waals surface area contributed by atoms with Crippen molar-refractivity contribution in [1.29, 1.82) is 0 Å². The first-order valence-electron chi connectivity index (χ1n) is 8.97. The first-order chi connectivity index (χ1) is 13.2. The molecule has 1 aromatic heterocycles. The first kappa shape index (κ1) is 17.9. The highest BCUT2D eigenvalue weighted by Crippen LogP contribution is 2.43. The molecule has 1 aromatic carbocycles.